The number of benzene rings is 1. The first kappa shape index (κ1) is 17.6. The van der Waals surface area contributed by atoms with Crippen molar-refractivity contribution in [2.75, 3.05) is 0 Å². The molecule has 2 aliphatic carbocycles. The highest BCUT2D eigenvalue weighted by atomic mass is 19.3. The summed E-state index contributed by atoms with van der Waals surface area (Å²) in [5, 5.41) is 0. The number of hydrogen-bond donors (Lipinski definition) is 0. The predicted octanol–water partition coefficient (Wildman–Crippen LogP) is 7.02. The maximum Gasteiger partial charge on any atom is 0.387 e. The molecule has 24 heavy (non-hydrogen) atoms. The maximum atomic E-state index is 13.9. The van der Waals surface area contributed by atoms with Gasteiger partial charge in [-0.2, -0.15) is 8.78 Å². The Bertz CT molecular complexity index is 540. The predicted molar refractivity (Wildman–Crippen MR) is 93.1 cm³/mol. The normalized spacial score (nSPS) is 31.2. The van der Waals surface area contributed by atoms with Crippen molar-refractivity contribution in [3.63, 3.8) is 0 Å². The fourth-order valence-electron chi connectivity index (χ4n) is 4.64. The molecule has 0 spiro atoms. The summed E-state index contributed by atoms with van der Waals surface area (Å²) in [6, 6.07) is 4.46. The van der Waals surface area contributed by atoms with Gasteiger partial charge in [0.1, 0.15) is 0 Å². The molecule has 0 N–H and O–H groups in total. The molecule has 0 radical (unpaired) electrons. The fraction of sp³-hybridized carbons (Fsp3) is 0.700. The smallest absolute Gasteiger partial charge is 0.387 e. The SMILES string of the molecule is CC1CCC(C2CCC(c3ccc(OC(F)F)c(F)c3)CC2)CC1.[HH].[HH]. The van der Waals surface area contributed by atoms with Gasteiger partial charge in [-0.05, 0) is 79.9 Å². The van der Waals surface area contributed by atoms with Gasteiger partial charge in [0.15, 0.2) is 11.6 Å². The molecule has 0 bridgehead atoms. The Labute approximate surface area is 145 Å². The van der Waals surface area contributed by atoms with Crippen molar-refractivity contribution in [2.24, 2.45) is 17.8 Å². The van der Waals surface area contributed by atoms with Crippen LogP contribution < -0.4 is 4.74 Å². The van der Waals surface area contributed by atoms with Crippen molar-refractivity contribution in [3.8, 4) is 5.75 Å². The Morgan fingerprint density at radius 3 is 2.08 bits per heavy atom. The molecule has 0 amide bonds. The molecule has 0 unspecified atom stereocenters. The van der Waals surface area contributed by atoms with Crippen molar-refractivity contribution in [1.82, 2.24) is 0 Å². The molecule has 2 aliphatic rings. The van der Waals surface area contributed by atoms with Crippen LogP contribution in [0.4, 0.5) is 13.2 Å². The van der Waals surface area contributed by atoms with E-state index < -0.39 is 12.4 Å². The van der Waals surface area contributed by atoms with Gasteiger partial charge in [-0.25, -0.2) is 4.39 Å². The molecule has 4 heteroatoms. The second-order valence-electron chi connectivity index (χ2n) is 7.70. The molecule has 138 valence electrons. The topological polar surface area (TPSA) is 9.23 Å². The first-order valence-corrected chi connectivity index (χ1v) is 9.27. The van der Waals surface area contributed by atoms with Crippen molar-refractivity contribution in [2.45, 2.75) is 70.8 Å². The molecule has 1 nitrogen and oxygen atoms in total. The summed E-state index contributed by atoms with van der Waals surface area (Å²) in [4.78, 5) is 0. The largest absolute Gasteiger partial charge is 0.432 e. The van der Waals surface area contributed by atoms with E-state index in [-0.39, 0.29) is 8.60 Å². The number of rotatable bonds is 4. The quantitative estimate of drug-likeness (QED) is 0.570. The summed E-state index contributed by atoms with van der Waals surface area (Å²) in [6.07, 6.45) is 10.0. The Kier molecular flexibility index (Phi) is 5.72. The zero-order chi connectivity index (χ0) is 17.1. The molecule has 1 aromatic carbocycles. The minimum atomic E-state index is -2.99. The van der Waals surface area contributed by atoms with E-state index in [1.165, 1.54) is 50.7 Å². The van der Waals surface area contributed by atoms with Gasteiger partial charge in [-0.3, -0.25) is 0 Å². The van der Waals surface area contributed by atoms with Crippen LogP contribution in [-0.4, -0.2) is 6.61 Å². The van der Waals surface area contributed by atoms with Crippen LogP contribution in [0.25, 0.3) is 0 Å². The van der Waals surface area contributed by atoms with Gasteiger partial charge in [0, 0.05) is 2.85 Å². The summed E-state index contributed by atoms with van der Waals surface area (Å²) < 4.78 is 42.5. The number of alkyl halides is 2. The Morgan fingerprint density at radius 2 is 1.54 bits per heavy atom. The van der Waals surface area contributed by atoms with Gasteiger partial charge in [0.25, 0.3) is 0 Å². The second-order valence-corrected chi connectivity index (χ2v) is 7.70. The van der Waals surface area contributed by atoms with Gasteiger partial charge < -0.3 is 4.74 Å². The van der Waals surface area contributed by atoms with Crippen molar-refractivity contribution in [3.05, 3.63) is 29.6 Å². The summed E-state index contributed by atoms with van der Waals surface area (Å²) in [5.74, 6) is 1.88. The first-order valence-electron chi connectivity index (χ1n) is 9.27. The van der Waals surface area contributed by atoms with E-state index in [1.54, 1.807) is 6.07 Å². The molecule has 0 heterocycles. The van der Waals surface area contributed by atoms with Crippen LogP contribution in [0.15, 0.2) is 18.2 Å². The molecule has 3 rings (SSSR count). The summed E-state index contributed by atoms with van der Waals surface area (Å²) >= 11 is 0. The summed E-state index contributed by atoms with van der Waals surface area (Å²) in [6.45, 7) is -0.637. The van der Waals surface area contributed by atoms with Crippen molar-refractivity contribution >= 4 is 0 Å². The standard InChI is InChI=1S/C20H27F3O.2H2/c1-13-2-4-14(5-3-13)15-6-8-16(9-7-15)17-10-11-19(18(21)12-17)24-20(22)23;;/h10-16,20H,2-9H2,1H3;2*1H. The summed E-state index contributed by atoms with van der Waals surface area (Å²) in [7, 11) is 0. The van der Waals surface area contributed by atoms with E-state index in [9.17, 15) is 13.2 Å². The first-order chi connectivity index (χ1) is 11.5. The van der Waals surface area contributed by atoms with Crippen molar-refractivity contribution < 1.29 is 20.8 Å². The van der Waals surface area contributed by atoms with Crippen LogP contribution in [0.1, 0.15) is 72.6 Å². The van der Waals surface area contributed by atoms with E-state index in [2.05, 4.69) is 11.7 Å². The third-order valence-electron chi connectivity index (χ3n) is 6.14. The van der Waals surface area contributed by atoms with Gasteiger partial charge in [0.05, 0.1) is 0 Å². The van der Waals surface area contributed by atoms with Crippen LogP contribution in [0.5, 0.6) is 5.75 Å². The third kappa shape index (κ3) is 4.25. The maximum absolute atomic E-state index is 13.9. The monoisotopic (exact) mass is 344 g/mol. The molecule has 1 aromatic rings. The van der Waals surface area contributed by atoms with E-state index in [4.69, 9.17) is 0 Å². The van der Waals surface area contributed by atoms with E-state index in [0.29, 0.717) is 5.92 Å². The van der Waals surface area contributed by atoms with Crippen LogP contribution in [0.2, 0.25) is 0 Å². The average molecular weight is 344 g/mol. The number of hydrogen-bond acceptors (Lipinski definition) is 1. The van der Waals surface area contributed by atoms with Crippen LogP contribution in [0, 0.1) is 23.6 Å². The van der Waals surface area contributed by atoms with Gasteiger partial charge >= 0.3 is 6.61 Å². The van der Waals surface area contributed by atoms with Gasteiger partial charge in [-0.1, -0.05) is 25.8 Å². The van der Waals surface area contributed by atoms with Crippen LogP contribution in [-0.2, 0) is 0 Å². The summed E-state index contributed by atoms with van der Waals surface area (Å²) in [5.41, 5.74) is 0.921. The molecule has 2 saturated carbocycles. The minimum Gasteiger partial charge on any atom is -0.432 e. The zero-order valence-electron chi connectivity index (χ0n) is 14.3. The highest BCUT2D eigenvalue weighted by molar-refractivity contribution is 5.31. The highest BCUT2D eigenvalue weighted by Crippen LogP contribution is 2.44. The van der Waals surface area contributed by atoms with Crippen LogP contribution >= 0.6 is 0 Å². The van der Waals surface area contributed by atoms with Gasteiger partial charge in [-0.15, -0.1) is 0 Å². The Balaban J connectivity index is 0.00000169. The molecule has 0 saturated heterocycles. The molecule has 0 aromatic heterocycles. The Hall–Kier alpha value is -1.19. The average Bonchev–Trinajstić information content (AvgIpc) is 2.57. The molecule has 0 atom stereocenters. The molecular weight excluding hydrogens is 313 g/mol. The van der Waals surface area contributed by atoms with E-state index in [0.717, 1.165) is 36.2 Å². The molecule has 0 aliphatic heterocycles. The highest BCUT2D eigenvalue weighted by Gasteiger charge is 2.30. The minimum absolute atomic E-state index is 0. The van der Waals surface area contributed by atoms with Gasteiger partial charge in [0.2, 0.25) is 0 Å². The van der Waals surface area contributed by atoms with Crippen molar-refractivity contribution in [1.29, 1.82) is 0 Å². The third-order valence-corrected chi connectivity index (χ3v) is 6.14. The Morgan fingerprint density at radius 1 is 0.958 bits per heavy atom. The number of halogens is 3. The lowest BCUT2D eigenvalue weighted by atomic mass is 9.68. The molecule has 2 fully saturated rings. The molecular formula is C20H31F3O. The second kappa shape index (κ2) is 7.79. The van der Waals surface area contributed by atoms with E-state index in [1.807, 2.05) is 0 Å². The lowest BCUT2D eigenvalue weighted by Gasteiger charge is -2.37. The van der Waals surface area contributed by atoms with Crippen LogP contribution in [0.3, 0.4) is 0 Å². The zero-order valence-corrected chi connectivity index (χ0v) is 14.3. The van der Waals surface area contributed by atoms with E-state index >= 15 is 0 Å². The lowest BCUT2D eigenvalue weighted by Crippen LogP contribution is -2.24. The fourth-order valence-corrected chi connectivity index (χ4v) is 4.64. The number of ether oxygens (including phenoxy) is 1. The lowest BCUT2D eigenvalue weighted by molar-refractivity contribution is -0.0522.